The second-order valence-corrected chi connectivity index (χ2v) is 5.12. The number of nitrogens with zero attached hydrogens (tertiary/aromatic N) is 3. The molecular weight excluding hydrogens is 310 g/mol. The van der Waals surface area contributed by atoms with Crippen LogP contribution in [0.3, 0.4) is 0 Å². The minimum Gasteiger partial charge on any atom is -0.339 e. The summed E-state index contributed by atoms with van der Waals surface area (Å²) < 4.78 is 0. The van der Waals surface area contributed by atoms with Crippen LogP contribution in [0.25, 0.3) is 0 Å². The van der Waals surface area contributed by atoms with Crippen LogP contribution in [0.4, 0.5) is 23.1 Å². The number of nitriles is 1. The van der Waals surface area contributed by atoms with Gasteiger partial charge >= 0.3 is 0 Å². The van der Waals surface area contributed by atoms with Gasteiger partial charge in [-0.25, -0.2) is 4.98 Å². The maximum absolute atomic E-state index is 9.12. The Labute approximate surface area is 138 Å². The van der Waals surface area contributed by atoms with Gasteiger partial charge in [0.1, 0.15) is 11.9 Å². The van der Waals surface area contributed by atoms with Crippen molar-refractivity contribution in [3.05, 3.63) is 71.4 Å². The van der Waals surface area contributed by atoms with Crippen LogP contribution in [-0.4, -0.2) is 9.97 Å². The molecule has 0 spiro atoms. The Morgan fingerprint density at radius 1 is 0.957 bits per heavy atom. The minimum atomic E-state index is 0.451. The lowest BCUT2D eigenvalue weighted by atomic mass is 10.2. The van der Waals surface area contributed by atoms with Gasteiger partial charge < -0.3 is 10.6 Å². The molecule has 0 unspecified atom stereocenters. The Balaban J connectivity index is 1.80. The topological polar surface area (TPSA) is 73.6 Å². The van der Waals surface area contributed by atoms with E-state index in [-0.39, 0.29) is 0 Å². The van der Waals surface area contributed by atoms with E-state index in [9.17, 15) is 0 Å². The van der Waals surface area contributed by atoms with Crippen LogP contribution in [0.2, 0.25) is 5.02 Å². The summed E-state index contributed by atoms with van der Waals surface area (Å²) in [4.78, 5) is 8.57. The van der Waals surface area contributed by atoms with Gasteiger partial charge in [0.05, 0.1) is 11.3 Å². The first-order valence-electron chi connectivity index (χ1n) is 6.86. The van der Waals surface area contributed by atoms with Crippen molar-refractivity contribution >= 4 is 34.7 Å². The molecule has 0 fully saturated rings. The molecule has 3 rings (SSSR count). The number of benzene rings is 2. The number of halogens is 1. The van der Waals surface area contributed by atoms with E-state index >= 15 is 0 Å². The van der Waals surface area contributed by atoms with E-state index < -0.39 is 0 Å². The standard InChI is InChI=1S/C17H12ClN5/c18-13-5-7-14(8-6-13)21-17-20-10-9-16(23-17)22-15-4-2-1-3-12(15)11-19/h1-10H,(H2,20,21,22,23). The number of anilines is 4. The smallest absolute Gasteiger partial charge is 0.229 e. The van der Waals surface area contributed by atoms with Gasteiger partial charge in [-0.05, 0) is 42.5 Å². The predicted octanol–water partition coefficient (Wildman–Crippen LogP) is 4.49. The molecule has 0 saturated carbocycles. The summed E-state index contributed by atoms with van der Waals surface area (Å²) in [5.74, 6) is 1.05. The lowest BCUT2D eigenvalue weighted by Crippen LogP contribution is -2.01. The molecule has 6 heteroatoms. The molecule has 0 amide bonds. The van der Waals surface area contributed by atoms with Crippen LogP contribution in [-0.2, 0) is 0 Å². The van der Waals surface area contributed by atoms with Crippen molar-refractivity contribution < 1.29 is 0 Å². The molecule has 0 aliphatic carbocycles. The van der Waals surface area contributed by atoms with Gasteiger partial charge in [0.2, 0.25) is 5.95 Å². The third kappa shape index (κ3) is 3.76. The zero-order chi connectivity index (χ0) is 16.1. The number of rotatable bonds is 4. The number of hydrogen-bond acceptors (Lipinski definition) is 5. The lowest BCUT2D eigenvalue weighted by molar-refractivity contribution is 1.16. The minimum absolute atomic E-state index is 0.451. The fraction of sp³-hybridized carbons (Fsp3) is 0. The third-order valence-electron chi connectivity index (χ3n) is 3.07. The molecule has 5 nitrogen and oxygen atoms in total. The number of hydrogen-bond donors (Lipinski definition) is 2. The Morgan fingerprint density at radius 3 is 2.52 bits per heavy atom. The molecule has 1 heterocycles. The molecule has 0 saturated heterocycles. The summed E-state index contributed by atoms with van der Waals surface area (Å²) in [5.41, 5.74) is 2.09. The fourth-order valence-corrected chi connectivity index (χ4v) is 2.10. The van der Waals surface area contributed by atoms with Gasteiger partial charge in [-0.3, -0.25) is 0 Å². The molecule has 1 aromatic heterocycles. The maximum atomic E-state index is 9.12. The molecule has 2 aromatic carbocycles. The average molecular weight is 322 g/mol. The van der Waals surface area contributed by atoms with Gasteiger partial charge in [-0.15, -0.1) is 0 Å². The van der Waals surface area contributed by atoms with E-state index in [4.69, 9.17) is 16.9 Å². The third-order valence-corrected chi connectivity index (χ3v) is 3.32. The first-order chi connectivity index (χ1) is 11.2. The summed E-state index contributed by atoms with van der Waals surface area (Å²) in [7, 11) is 0. The largest absolute Gasteiger partial charge is 0.339 e. The van der Waals surface area contributed by atoms with Crippen LogP contribution in [0.15, 0.2) is 60.8 Å². The molecule has 0 aliphatic heterocycles. The second-order valence-electron chi connectivity index (χ2n) is 4.68. The second kappa shape index (κ2) is 6.77. The van der Waals surface area contributed by atoms with Crippen LogP contribution in [0, 0.1) is 11.3 Å². The summed E-state index contributed by atoms with van der Waals surface area (Å²) in [6.45, 7) is 0. The number of para-hydroxylation sites is 1. The quantitative estimate of drug-likeness (QED) is 0.740. The Hall–Kier alpha value is -3.10. The normalized spacial score (nSPS) is 9.91. The molecule has 112 valence electrons. The van der Waals surface area contributed by atoms with E-state index in [1.165, 1.54) is 0 Å². The average Bonchev–Trinajstić information content (AvgIpc) is 2.58. The SMILES string of the molecule is N#Cc1ccccc1Nc1ccnc(Nc2ccc(Cl)cc2)n1. The van der Waals surface area contributed by atoms with Gasteiger partial charge in [0.15, 0.2) is 0 Å². The summed E-state index contributed by atoms with van der Waals surface area (Å²) in [5, 5.41) is 16.0. The predicted molar refractivity (Wildman–Crippen MR) is 91.2 cm³/mol. The van der Waals surface area contributed by atoms with Crippen molar-refractivity contribution in [1.82, 2.24) is 9.97 Å². The molecule has 3 aromatic rings. The van der Waals surface area contributed by atoms with Gasteiger partial charge in [0, 0.05) is 16.9 Å². The molecule has 0 atom stereocenters. The molecule has 0 radical (unpaired) electrons. The Morgan fingerprint density at radius 2 is 1.74 bits per heavy atom. The van der Waals surface area contributed by atoms with E-state index in [1.54, 1.807) is 30.5 Å². The monoisotopic (exact) mass is 321 g/mol. The van der Waals surface area contributed by atoms with Crippen molar-refractivity contribution in [2.75, 3.05) is 10.6 Å². The van der Waals surface area contributed by atoms with Crippen LogP contribution in [0.5, 0.6) is 0 Å². The molecular formula is C17H12ClN5. The van der Waals surface area contributed by atoms with Crippen LogP contribution in [0.1, 0.15) is 5.56 Å². The summed E-state index contributed by atoms with van der Waals surface area (Å²) >= 11 is 5.86. The maximum Gasteiger partial charge on any atom is 0.229 e. The van der Waals surface area contributed by atoms with E-state index in [0.29, 0.717) is 28.0 Å². The molecule has 2 N–H and O–H groups in total. The van der Waals surface area contributed by atoms with Crippen LogP contribution < -0.4 is 10.6 Å². The Kier molecular flexibility index (Phi) is 4.37. The zero-order valence-corrected chi connectivity index (χ0v) is 12.7. The fourth-order valence-electron chi connectivity index (χ4n) is 1.98. The van der Waals surface area contributed by atoms with Gasteiger partial charge in [-0.2, -0.15) is 10.2 Å². The van der Waals surface area contributed by atoms with Crippen molar-refractivity contribution in [2.24, 2.45) is 0 Å². The molecule has 0 bridgehead atoms. The zero-order valence-electron chi connectivity index (χ0n) is 12.0. The highest BCUT2D eigenvalue weighted by Gasteiger charge is 2.04. The van der Waals surface area contributed by atoms with E-state index in [0.717, 1.165) is 5.69 Å². The van der Waals surface area contributed by atoms with Crippen LogP contribution >= 0.6 is 11.6 Å². The molecule has 0 aliphatic rings. The first-order valence-corrected chi connectivity index (χ1v) is 7.24. The van der Waals surface area contributed by atoms with E-state index in [1.807, 2.05) is 30.3 Å². The summed E-state index contributed by atoms with van der Waals surface area (Å²) in [6.07, 6.45) is 1.64. The van der Waals surface area contributed by atoms with Crippen molar-refractivity contribution in [1.29, 1.82) is 5.26 Å². The highest BCUT2D eigenvalue weighted by Crippen LogP contribution is 2.21. The van der Waals surface area contributed by atoms with Crippen molar-refractivity contribution in [3.63, 3.8) is 0 Å². The van der Waals surface area contributed by atoms with Gasteiger partial charge in [0.25, 0.3) is 0 Å². The highest BCUT2D eigenvalue weighted by atomic mass is 35.5. The van der Waals surface area contributed by atoms with Gasteiger partial charge in [-0.1, -0.05) is 23.7 Å². The lowest BCUT2D eigenvalue weighted by Gasteiger charge is -2.09. The number of aromatic nitrogens is 2. The number of nitrogens with one attached hydrogen (secondary N) is 2. The Bertz CT molecular complexity index is 855. The van der Waals surface area contributed by atoms with Crippen molar-refractivity contribution in [2.45, 2.75) is 0 Å². The summed E-state index contributed by atoms with van der Waals surface area (Å²) in [6, 6.07) is 18.4. The molecule has 23 heavy (non-hydrogen) atoms. The van der Waals surface area contributed by atoms with E-state index in [2.05, 4.69) is 26.7 Å². The highest BCUT2D eigenvalue weighted by molar-refractivity contribution is 6.30. The first kappa shape index (κ1) is 14.8. The van der Waals surface area contributed by atoms with Crippen molar-refractivity contribution in [3.8, 4) is 6.07 Å².